The number of hydrogen-bond acceptors (Lipinski definition) is 9. The molecule has 2 aromatic carbocycles. The maximum absolute atomic E-state index is 12.3. The van der Waals surface area contributed by atoms with Crippen molar-refractivity contribution >= 4 is 37.5 Å². The van der Waals surface area contributed by atoms with E-state index < -0.39 is 47.4 Å². The third kappa shape index (κ3) is 6.13. The van der Waals surface area contributed by atoms with Crippen molar-refractivity contribution in [3.05, 3.63) is 48.0 Å². The largest absolute Gasteiger partial charge is 1.00 e. The third-order valence-corrected chi connectivity index (χ3v) is 5.55. The molecule has 0 bridgehead atoms. The molecular formula is C16H12N2Na2O8S2. The van der Waals surface area contributed by atoms with Gasteiger partial charge in [-0.2, -0.15) is 10.1 Å². The minimum absolute atomic E-state index is 0. The second-order valence-corrected chi connectivity index (χ2v) is 8.64. The normalized spacial score (nSPS) is 14.0. The van der Waals surface area contributed by atoms with Crippen molar-refractivity contribution in [2.45, 2.75) is 22.6 Å². The van der Waals surface area contributed by atoms with E-state index in [-0.39, 0.29) is 72.0 Å². The second-order valence-electron chi connectivity index (χ2n) is 5.91. The van der Waals surface area contributed by atoms with Gasteiger partial charge in [-0.15, -0.1) is 0 Å². The van der Waals surface area contributed by atoms with Crippen LogP contribution in [-0.4, -0.2) is 42.7 Å². The van der Waals surface area contributed by atoms with Gasteiger partial charge in [-0.1, -0.05) is 30.3 Å². The van der Waals surface area contributed by atoms with Crippen LogP contribution in [0.5, 0.6) is 5.75 Å². The van der Waals surface area contributed by atoms with Crippen molar-refractivity contribution in [2.24, 2.45) is 5.10 Å². The Balaban J connectivity index is 0.00000225. The van der Waals surface area contributed by atoms with Crippen LogP contribution in [0.4, 0.5) is 5.69 Å². The van der Waals surface area contributed by atoms with Gasteiger partial charge in [0, 0.05) is 6.42 Å². The standard InChI is InChI=1S/C16H14N2O8S2.2Na/c19-13-8-12(27(21,22)23)9-14(28(24,25)26)16(13)18-15(20)7-11(17-18)6-10-4-2-1-3-5-10;;/h1-5,8-9,19H,6-7H2,(H,21,22,23)(H,24,25,26);;/q;2*+1/p-2. The van der Waals surface area contributed by atoms with Crippen molar-refractivity contribution in [1.29, 1.82) is 0 Å². The number of hydrogen-bond donors (Lipinski definition) is 1. The zero-order valence-corrected chi connectivity index (χ0v) is 21.6. The molecule has 0 saturated heterocycles. The Hall–Kier alpha value is -0.800. The van der Waals surface area contributed by atoms with Gasteiger partial charge in [-0.3, -0.25) is 4.79 Å². The van der Waals surface area contributed by atoms with Crippen molar-refractivity contribution < 1.29 is 95.0 Å². The quantitative estimate of drug-likeness (QED) is 0.334. The first kappa shape index (κ1) is 27.2. The molecule has 14 heteroatoms. The molecule has 148 valence electrons. The zero-order valence-electron chi connectivity index (χ0n) is 16.0. The molecule has 0 saturated carbocycles. The first-order valence-corrected chi connectivity index (χ1v) is 10.5. The first-order valence-electron chi connectivity index (χ1n) is 7.69. The molecule has 0 fully saturated rings. The topological polar surface area (TPSA) is 167 Å². The van der Waals surface area contributed by atoms with Crippen LogP contribution < -0.4 is 64.1 Å². The molecule has 0 atom stereocenters. The smallest absolute Gasteiger partial charge is 0.744 e. The Labute approximate surface area is 217 Å². The van der Waals surface area contributed by atoms with Crippen molar-refractivity contribution in [2.75, 3.05) is 5.01 Å². The van der Waals surface area contributed by atoms with E-state index in [9.17, 15) is 35.8 Å². The summed E-state index contributed by atoms with van der Waals surface area (Å²) in [6.07, 6.45) is 0.0601. The summed E-state index contributed by atoms with van der Waals surface area (Å²) in [5, 5.41) is 14.6. The van der Waals surface area contributed by atoms with Gasteiger partial charge in [0.05, 0.1) is 21.9 Å². The summed E-state index contributed by atoms with van der Waals surface area (Å²) in [6, 6.07) is 9.69. The molecule has 1 heterocycles. The molecule has 3 rings (SSSR count). The Morgan fingerprint density at radius 2 is 1.60 bits per heavy atom. The minimum Gasteiger partial charge on any atom is -0.744 e. The fourth-order valence-electron chi connectivity index (χ4n) is 2.70. The van der Waals surface area contributed by atoms with Crippen molar-refractivity contribution in [1.82, 2.24) is 0 Å². The molecular weight excluding hydrogens is 458 g/mol. The maximum atomic E-state index is 12.3. The van der Waals surface area contributed by atoms with Crippen LogP contribution in [0.2, 0.25) is 0 Å². The van der Waals surface area contributed by atoms with Crippen LogP contribution in [0, 0.1) is 0 Å². The van der Waals surface area contributed by atoms with E-state index in [1.807, 2.05) is 0 Å². The number of nitrogens with zero attached hydrogens (tertiary/aromatic N) is 2. The number of carbonyl (C=O) groups is 1. The van der Waals surface area contributed by atoms with Crippen molar-refractivity contribution in [3.63, 3.8) is 0 Å². The molecule has 1 N–H and O–H groups in total. The number of rotatable bonds is 5. The van der Waals surface area contributed by atoms with E-state index in [1.54, 1.807) is 30.3 Å². The Morgan fingerprint density at radius 3 is 2.13 bits per heavy atom. The van der Waals surface area contributed by atoms with E-state index in [2.05, 4.69) is 5.10 Å². The van der Waals surface area contributed by atoms with Crippen LogP contribution in [0.3, 0.4) is 0 Å². The molecule has 10 nitrogen and oxygen atoms in total. The molecule has 0 unspecified atom stereocenters. The number of carbonyl (C=O) groups excluding carboxylic acids is 1. The maximum Gasteiger partial charge on any atom is 1.00 e. The minimum atomic E-state index is -5.35. The van der Waals surface area contributed by atoms with Gasteiger partial charge in [0.15, 0.2) is 0 Å². The number of hydrazone groups is 1. The van der Waals surface area contributed by atoms with Gasteiger partial charge in [0.25, 0.3) is 5.91 Å². The number of phenolic OH excluding ortho intramolecular Hbond substituents is 1. The second kappa shape index (κ2) is 10.2. The molecule has 1 aliphatic heterocycles. The van der Waals surface area contributed by atoms with Gasteiger partial charge in [-0.05, 0) is 17.7 Å². The summed E-state index contributed by atoms with van der Waals surface area (Å²) in [7, 11) is -10.5. The molecule has 0 aliphatic carbocycles. The number of amides is 1. The molecule has 0 aromatic heterocycles. The van der Waals surface area contributed by atoms with E-state index in [1.165, 1.54) is 0 Å². The Bertz CT molecular complexity index is 1200. The molecule has 0 radical (unpaired) electrons. The van der Waals surface area contributed by atoms with Gasteiger partial charge in [-0.25, -0.2) is 16.8 Å². The van der Waals surface area contributed by atoms with Gasteiger partial charge in [0.2, 0.25) is 0 Å². The van der Waals surface area contributed by atoms with Gasteiger partial charge < -0.3 is 14.2 Å². The average Bonchev–Trinajstić information content (AvgIpc) is 2.93. The Morgan fingerprint density at radius 1 is 1.00 bits per heavy atom. The fraction of sp³-hybridized carbons (Fsp3) is 0.125. The monoisotopic (exact) mass is 470 g/mol. The number of benzene rings is 2. The predicted molar refractivity (Wildman–Crippen MR) is 93.7 cm³/mol. The van der Waals surface area contributed by atoms with Crippen LogP contribution in [0.15, 0.2) is 57.4 Å². The van der Waals surface area contributed by atoms with Crippen LogP contribution in [-0.2, 0) is 31.5 Å². The van der Waals surface area contributed by atoms with E-state index in [0.717, 1.165) is 5.56 Å². The number of phenols is 1. The van der Waals surface area contributed by atoms with E-state index >= 15 is 0 Å². The summed E-state index contributed by atoms with van der Waals surface area (Å²) in [5.41, 5.74) is 0.366. The molecule has 1 amide bonds. The molecule has 2 aromatic rings. The molecule has 0 spiro atoms. The predicted octanol–water partition coefficient (Wildman–Crippen LogP) is -5.46. The number of anilines is 1. The molecule has 30 heavy (non-hydrogen) atoms. The fourth-order valence-corrected chi connectivity index (χ4v) is 3.99. The van der Waals surface area contributed by atoms with Gasteiger partial charge in [0.1, 0.15) is 31.7 Å². The van der Waals surface area contributed by atoms with Crippen LogP contribution in [0.25, 0.3) is 0 Å². The summed E-state index contributed by atoms with van der Waals surface area (Å²) in [5.74, 6) is -1.78. The summed E-state index contributed by atoms with van der Waals surface area (Å²) < 4.78 is 68.1. The summed E-state index contributed by atoms with van der Waals surface area (Å²) >= 11 is 0. The Kier molecular flexibility index (Phi) is 9.27. The van der Waals surface area contributed by atoms with Crippen LogP contribution >= 0.6 is 0 Å². The number of aromatic hydroxyl groups is 1. The third-order valence-electron chi connectivity index (χ3n) is 3.88. The summed E-state index contributed by atoms with van der Waals surface area (Å²) in [6.45, 7) is 0. The van der Waals surface area contributed by atoms with Crippen molar-refractivity contribution in [3.8, 4) is 5.75 Å². The van der Waals surface area contributed by atoms with E-state index in [0.29, 0.717) is 22.9 Å². The van der Waals surface area contributed by atoms with Crippen LogP contribution in [0.1, 0.15) is 12.0 Å². The SMILES string of the molecule is O=C1CC(Cc2ccccc2)=NN1c1c(O)cc(S(=O)(=O)[O-])cc1S(=O)(=O)[O-].[Na+].[Na+]. The van der Waals surface area contributed by atoms with E-state index in [4.69, 9.17) is 0 Å². The van der Waals surface area contributed by atoms with Gasteiger partial charge >= 0.3 is 59.1 Å². The average molecular weight is 470 g/mol. The summed E-state index contributed by atoms with van der Waals surface area (Å²) in [4.78, 5) is 9.95. The first-order chi connectivity index (χ1) is 13.0. The molecule has 1 aliphatic rings. The zero-order chi connectivity index (χ0) is 20.7.